The lowest BCUT2D eigenvalue weighted by Gasteiger charge is -2.01. The molecule has 0 spiro atoms. The van der Waals surface area contributed by atoms with Crippen molar-refractivity contribution in [2.24, 2.45) is 0 Å². The summed E-state index contributed by atoms with van der Waals surface area (Å²) in [5.41, 5.74) is 2.70. The van der Waals surface area contributed by atoms with Gasteiger partial charge in [0.2, 0.25) is 0 Å². The standard InChI is InChI=1S/C14H13FN2/c1-10(15)9-12-3-5-13(6-4-12)14-16-8-7-11(2)17-14/h3-9H,1-2H3/b10-9-. The minimum Gasteiger partial charge on any atom is -0.237 e. The molecule has 2 rings (SSSR count). The zero-order chi connectivity index (χ0) is 12.3. The Morgan fingerprint density at radius 1 is 1.18 bits per heavy atom. The third-order valence-corrected chi connectivity index (χ3v) is 2.33. The van der Waals surface area contributed by atoms with E-state index in [0.717, 1.165) is 16.8 Å². The molecule has 2 nitrogen and oxygen atoms in total. The average molecular weight is 228 g/mol. The Morgan fingerprint density at radius 3 is 2.47 bits per heavy atom. The van der Waals surface area contributed by atoms with Crippen molar-refractivity contribution in [3.63, 3.8) is 0 Å². The Hall–Kier alpha value is -2.03. The summed E-state index contributed by atoms with van der Waals surface area (Å²) in [7, 11) is 0. The van der Waals surface area contributed by atoms with Crippen molar-refractivity contribution >= 4 is 6.08 Å². The van der Waals surface area contributed by atoms with Crippen LogP contribution in [0.15, 0.2) is 42.4 Å². The highest BCUT2D eigenvalue weighted by Crippen LogP contribution is 2.17. The summed E-state index contributed by atoms with van der Waals surface area (Å²) in [5, 5.41) is 0. The molecule has 1 aromatic heterocycles. The molecule has 0 saturated carbocycles. The summed E-state index contributed by atoms with van der Waals surface area (Å²) in [6.45, 7) is 3.35. The predicted molar refractivity (Wildman–Crippen MR) is 67.0 cm³/mol. The summed E-state index contributed by atoms with van der Waals surface area (Å²) in [6, 6.07) is 9.34. The van der Waals surface area contributed by atoms with E-state index in [9.17, 15) is 4.39 Å². The second-order valence-electron chi connectivity index (χ2n) is 3.87. The van der Waals surface area contributed by atoms with Crippen LogP contribution in [-0.4, -0.2) is 9.97 Å². The van der Waals surface area contributed by atoms with E-state index in [1.807, 2.05) is 37.3 Å². The van der Waals surface area contributed by atoms with Gasteiger partial charge in [0, 0.05) is 17.5 Å². The zero-order valence-corrected chi connectivity index (χ0v) is 9.81. The maximum Gasteiger partial charge on any atom is 0.159 e. The number of hydrogen-bond acceptors (Lipinski definition) is 2. The molecule has 0 atom stereocenters. The highest BCUT2D eigenvalue weighted by Gasteiger charge is 2.00. The van der Waals surface area contributed by atoms with Gasteiger partial charge in [-0.25, -0.2) is 14.4 Å². The fraction of sp³-hybridized carbons (Fsp3) is 0.143. The topological polar surface area (TPSA) is 25.8 Å². The number of rotatable bonds is 2. The number of allylic oxidation sites excluding steroid dienone is 1. The first-order valence-corrected chi connectivity index (χ1v) is 5.39. The van der Waals surface area contributed by atoms with Gasteiger partial charge in [-0.15, -0.1) is 0 Å². The molecule has 0 unspecified atom stereocenters. The van der Waals surface area contributed by atoms with Crippen LogP contribution >= 0.6 is 0 Å². The van der Waals surface area contributed by atoms with E-state index in [0.29, 0.717) is 5.82 Å². The summed E-state index contributed by atoms with van der Waals surface area (Å²) >= 11 is 0. The number of aromatic nitrogens is 2. The van der Waals surface area contributed by atoms with Crippen molar-refractivity contribution in [3.8, 4) is 11.4 Å². The summed E-state index contributed by atoms with van der Waals surface area (Å²) in [5.74, 6) is 0.488. The minimum absolute atomic E-state index is 0.204. The summed E-state index contributed by atoms with van der Waals surface area (Å²) < 4.78 is 12.7. The maximum atomic E-state index is 12.7. The molecule has 1 aromatic carbocycles. The molecule has 0 aliphatic carbocycles. The van der Waals surface area contributed by atoms with E-state index in [4.69, 9.17) is 0 Å². The third kappa shape index (κ3) is 2.97. The average Bonchev–Trinajstić information content (AvgIpc) is 2.29. The van der Waals surface area contributed by atoms with E-state index in [-0.39, 0.29) is 5.83 Å². The van der Waals surface area contributed by atoms with Crippen molar-refractivity contribution in [3.05, 3.63) is 53.6 Å². The summed E-state index contributed by atoms with van der Waals surface area (Å²) in [6.07, 6.45) is 3.22. The smallest absolute Gasteiger partial charge is 0.159 e. The van der Waals surface area contributed by atoms with Gasteiger partial charge in [0.1, 0.15) is 0 Å². The van der Waals surface area contributed by atoms with Crippen molar-refractivity contribution in [1.29, 1.82) is 0 Å². The third-order valence-electron chi connectivity index (χ3n) is 2.33. The van der Waals surface area contributed by atoms with Crippen LogP contribution in [0.25, 0.3) is 17.5 Å². The van der Waals surface area contributed by atoms with Crippen molar-refractivity contribution in [2.45, 2.75) is 13.8 Å². The van der Waals surface area contributed by atoms with Crippen molar-refractivity contribution in [1.82, 2.24) is 9.97 Å². The lowest BCUT2D eigenvalue weighted by molar-refractivity contribution is 0.648. The van der Waals surface area contributed by atoms with Crippen LogP contribution in [0.1, 0.15) is 18.2 Å². The molecule has 0 aliphatic rings. The fourth-order valence-electron chi connectivity index (χ4n) is 1.55. The van der Waals surface area contributed by atoms with E-state index in [1.54, 1.807) is 6.20 Å². The van der Waals surface area contributed by atoms with E-state index < -0.39 is 0 Å². The van der Waals surface area contributed by atoms with Gasteiger partial charge < -0.3 is 0 Å². The zero-order valence-electron chi connectivity index (χ0n) is 9.81. The van der Waals surface area contributed by atoms with Gasteiger partial charge in [-0.3, -0.25) is 0 Å². The molecule has 0 bridgehead atoms. The molecule has 0 fully saturated rings. The Labute approximate surface area is 99.9 Å². The number of aryl methyl sites for hydroxylation is 1. The molecule has 0 aliphatic heterocycles. The van der Waals surface area contributed by atoms with Crippen LogP contribution in [0.2, 0.25) is 0 Å². The second kappa shape index (κ2) is 4.87. The van der Waals surface area contributed by atoms with Gasteiger partial charge in [0.25, 0.3) is 0 Å². The van der Waals surface area contributed by atoms with E-state index in [1.165, 1.54) is 13.0 Å². The molecule has 0 N–H and O–H groups in total. The number of halogens is 1. The van der Waals surface area contributed by atoms with Gasteiger partial charge >= 0.3 is 0 Å². The second-order valence-corrected chi connectivity index (χ2v) is 3.87. The predicted octanol–water partition coefficient (Wildman–Crippen LogP) is 3.78. The molecule has 0 amide bonds. The molecule has 0 radical (unpaired) electrons. The number of hydrogen-bond donors (Lipinski definition) is 0. The van der Waals surface area contributed by atoms with Crippen molar-refractivity contribution in [2.75, 3.05) is 0 Å². The molecule has 0 saturated heterocycles. The maximum absolute atomic E-state index is 12.7. The van der Waals surface area contributed by atoms with Crippen LogP contribution in [-0.2, 0) is 0 Å². The Kier molecular flexibility index (Phi) is 3.28. The number of benzene rings is 1. The van der Waals surface area contributed by atoms with Crippen LogP contribution in [0.5, 0.6) is 0 Å². The quantitative estimate of drug-likeness (QED) is 0.781. The van der Waals surface area contributed by atoms with Crippen LogP contribution in [0.3, 0.4) is 0 Å². The summed E-state index contributed by atoms with van der Waals surface area (Å²) in [4.78, 5) is 8.53. The SMILES string of the molecule is C/C(F)=C/c1ccc(-c2nccc(C)n2)cc1. The first-order chi connectivity index (χ1) is 8.15. The van der Waals surface area contributed by atoms with E-state index >= 15 is 0 Å². The first kappa shape index (κ1) is 11.5. The van der Waals surface area contributed by atoms with Gasteiger partial charge in [-0.05, 0) is 31.6 Å². The van der Waals surface area contributed by atoms with Gasteiger partial charge in [0.05, 0.1) is 5.83 Å². The van der Waals surface area contributed by atoms with Crippen LogP contribution in [0, 0.1) is 6.92 Å². The molecular weight excluding hydrogens is 215 g/mol. The van der Waals surface area contributed by atoms with Crippen LogP contribution < -0.4 is 0 Å². The first-order valence-electron chi connectivity index (χ1n) is 5.39. The van der Waals surface area contributed by atoms with Crippen molar-refractivity contribution < 1.29 is 4.39 Å². The molecule has 17 heavy (non-hydrogen) atoms. The Morgan fingerprint density at radius 2 is 1.88 bits per heavy atom. The lowest BCUT2D eigenvalue weighted by atomic mass is 10.1. The fourth-order valence-corrected chi connectivity index (χ4v) is 1.55. The van der Waals surface area contributed by atoms with Gasteiger partial charge in [-0.2, -0.15) is 0 Å². The lowest BCUT2D eigenvalue weighted by Crippen LogP contribution is -1.90. The van der Waals surface area contributed by atoms with Gasteiger partial charge in [-0.1, -0.05) is 24.3 Å². The van der Waals surface area contributed by atoms with Gasteiger partial charge in [0.15, 0.2) is 5.82 Å². The molecule has 86 valence electrons. The highest BCUT2D eigenvalue weighted by atomic mass is 19.1. The normalized spacial score (nSPS) is 11.6. The Balaban J connectivity index is 2.32. The van der Waals surface area contributed by atoms with E-state index in [2.05, 4.69) is 9.97 Å². The largest absolute Gasteiger partial charge is 0.237 e. The molecular formula is C14H13FN2. The number of nitrogens with zero attached hydrogens (tertiary/aromatic N) is 2. The monoisotopic (exact) mass is 228 g/mol. The molecule has 3 heteroatoms. The molecule has 1 heterocycles. The minimum atomic E-state index is -0.204. The molecule has 2 aromatic rings. The van der Waals surface area contributed by atoms with Crippen LogP contribution in [0.4, 0.5) is 4.39 Å². The highest BCUT2D eigenvalue weighted by molar-refractivity contribution is 5.60. The Bertz CT molecular complexity index is 540.